The molecule has 0 bridgehead atoms. The van der Waals surface area contributed by atoms with E-state index in [1.165, 1.54) is 0 Å². The lowest BCUT2D eigenvalue weighted by Crippen LogP contribution is -2.39. The summed E-state index contributed by atoms with van der Waals surface area (Å²) in [6.07, 6.45) is 1.65. The summed E-state index contributed by atoms with van der Waals surface area (Å²) in [5.74, 6) is 0.285. The van der Waals surface area contributed by atoms with Gasteiger partial charge in [-0.05, 0) is 53.6 Å². The predicted molar refractivity (Wildman–Crippen MR) is 105 cm³/mol. The molecule has 0 saturated carbocycles. The van der Waals surface area contributed by atoms with Gasteiger partial charge in [-0.3, -0.25) is 9.10 Å². The maximum atomic E-state index is 13.4. The maximum absolute atomic E-state index is 13.4. The van der Waals surface area contributed by atoms with Gasteiger partial charge in [0.25, 0.3) is 10.0 Å². The van der Waals surface area contributed by atoms with E-state index in [1.807, 2.05) is 30.3 Å². The van der Waals surface area contributed by atoms with Crippen LogP contribution in [-0.4, -0.2) is 32.3 Å². The highest BCUT2D eigenvalue weighted by molar-refractivity contribution is 7.92. The van der Waals surface area contributed by atoms with Crippen molar-refractivity contribution in [1.29, 1.82) is 0 Å². The van der Waals surface area contributed by atoms with Crippen molar-refractivity contribution < 1.29 is 13.2 Å². The van der Waals surface area contributed by atoms with Crippen LogP contribution in [0.1, 0.15) is 30.5 Å². The van der Waals surface area contributed by atoms with Crippen molar-refractivity contribution in [1.82, 2.24) is 4.90 Å². The molecule has 0 spiro atoms. The molecule has 1 atom stereocenters. The van der Waals surface area contributed by atoms with E-state index in [-0.39, 0.29) is 11.8 Å². The van der Waals surface area contributed by atoms with Crippen LogP contribution in [-0.2, 0) is 34.2 Å². The quantitative estimate of drug-likeness (QED) is 0.800. The van der Waals surface area contributed by atoms with Gasteiger partial charge in [0.2, 0.25) is 5.91 Å². The molecule has 2 aromatic rings. The summed E-state index contributed by atoms with van der Waals surface area (Å²) >= 11 is 0. The summed E-state index contributed by atoms with van der Waals surface area (Å²) in [6, 6.07) is 13.1. The first kappa shape index (κ1) is 18.0. The van der Waals surface area contributed by atoms with E-state index >= 15 is 0 Å². The zero-order chi connectivity index (χ0) is 19.2. The topological polar surface area (TPSA) is 57.7 Å². The van der Waals surface area contributed by atoms with Gasteiger partial charge in [0, 0.05) is 26.6 Å². The minimum absolute atomic E-state index is 0.0210. The molecule has 1 amide bonds. The highest BCUT2D eigenvalue weighted by atomic mass is 32.2. The predicted octanol–water partition coefficient (Wildman–Crippen LogP) is 2.98. The van der Waals surface area contributed by atoms with Crippen LogP contribution in [0.5, 0.6) is 0 Å². The molecule has 2 aromatic carbocycles. The van der Waals surface area contributed by atoms with Crippen LogP contribution in [0.15, 0.2) is 47.4 Å². The van der Waals surface area contributed by atoms with E-state index in [0.717, 1.165) is 35.2 Å². The van der Waals surface area contributed by atoms with Gasteiger partial charge in [0.05, 0.1) is 10.6 Å². The van der Waals surface area contributed by atoms with E-state index in [2.05, 4.69) is 6.92 Å². The molecule has 5 nitrogen and oxygen atoms in total. The average Bonchev–Trinajstić information content (AvgIpc) is 2.66. The highest BCUT2D eigenvalue weighted by Gasteiger charge is 2.32. The second-order valence-electron chi connectivity index (χ2n) is 7.60. The molecule has 1 unspecified atom stereocenters. The van der Waals surface area contributed by atoms with Gasteiger partial charge in [-0.25, -0.2) is 8.42 Å². The molecule has 6 heteroatoms. The van der Waals surface area contributed by atoms with E-state index in [9.17, 15) is 13.2 Å². The van der Waals surface area contributed by atoms with Crippen molar-refractivity contribution in [2.75, 3.05) is 17.4 Å². The van der Waals surface area contributed by atoms with Crippen molar-refractivity contribution in [3.8, 4) is 0 Å². The van der Waals surface area contributed by atoms with E-state index < -0.39 is 10.0 Å². The average molecular weight is 385 g/mol. The smallest absolute Gasteiger partial charge is 0.264 e. The standard InChI is InChI=1S/C21H24N2O3S/c1-15-11-18-5-3-4-6-21(18)23(13-15)27(25,26)20-8-7-17-9-10-22(16(2)24)14-19(17)12-20/h3-8,12,15H,9-11,13-14H2,1-2H3. The van der Waals surface area contributed by atoms with Crippen molar-refractivity contribution in [3.63, 3.8) is 0 Å². The van der Waals surface area contributed by atoms with Gasteiger partial charge in [-0.1, -0.05) is 31.2 Å². The zero-order valence-corrected chi connectivity index (χ0v) is 16.5. The Morgan fingerprint density at radius 2 is 1.85 bits per heavy atom. The number of nitrogens with zero attached hydrogens (tertiary/aromatic N) is 2. The molecule has 142 valence electrons. The largest absolute Gasteiger partial charge is 0.338 e. The molecule has 0 N–H and O–H groups in total. The molecular weight excluding hydrogens is 360 g/mol. The number of hydrogen-bond acceptors (Lipinski definition) is 3. The van der Waals surface area contributed by atoms with Crippen molar-refractivity contribution in [3.05, 3.63) is 59.2 Å². The lowest BCUT2D eigenvalue weighted by Gasteiger charge is -2.34. The first-order valence-corrected chi connectivity index (χ1v) is 10.8. The van der Waals surface area contributed by atoms with E-state index in [1.54, 1.807) is 28.3 Å². The van der Waals surface area contributed by atoms with Crippen LogP contribution >= 0.6 is 0 Å². The van der Waals surface area contributed by atoms with Gasteiger partial charge in [0.1, 0.15) is 0 Å². The van der Waals surface area contributed by atoms with E-state index in [4.69, 9.17) is 0 Å². The Morgan fingerprint density at radius 3 is 2.63 bits per heavy atom. The van der Waals surface area contributed by atoms with E-state index in [0.29, 0.717) is 24.5 Å². The number of benzene rings is 2. The molecule has 0 aromatic heterocycles. The van der Waals surface area contributed by atoms with Crippen LogP contribution in [0.3, 0.4) is 0 Å². The minimum atomic E-state index is -3.65. The second-order valence-corrected chi connectivity index (χ2v) is 9.46. The van der Waals surface area contributed by atoms with Gasteiger partial charge < -0.3 is 4.90 Å². The molecule has 2 heterocycles. The fraction of sp³-hybridized carbons (Fsp3) is 0.381. The van der Waals surface area contributed by atoms with Crippen LogP contribution in [0.4, 0.5) is 5.69 Å². The SMILES string of the molecule is CC(=O)N1CCc2ccc(S(=O)(=O)N3CC(C)Cc4ccccc43)cc2C1. The van der Waals surface area contributed by atoms with Gasteiger partial charge in [0.15, 0.2) is 0 Å². The number of carbonyl (C=O) groups is 1. The number of rotatable bonds is 2. The third kappa shape index (κ3) is 3.23. The molecule has 0 saturated heterocycles. The van der Waals surface area contributed by atoms with Gasteiger partial charge in [-0.2, -0.15) is 0 Å². The molecular formula is C21H24N2O3S. The van der Waals surface area contributed by atoms with Gasteiger partial charge in [-0.15, -0.1) is 0 Å². The molecule has 0 radical (unpaired) electrons. The van der Waals surface area contributed by atoms with Crippen molar-refractivity contribution in [2.24, 2.45) is 5.92 Å². The minimum Gasteiger partial charge on any atom is -0.338 e. The lowest BCUT2D eigenvalue weighted by atomic mass is 9.96. The number of carbonyl (C=O) groups excluding carboxylic acids is 1. The highest BCUT2D eigenvalue weighted by Crippen LogP contribution is 2.34. The molecule has 4 rings (SSSR count). The molecule has 2 aliphatic rings. The summed E-state index contributed by atoms with van der Waals surface area (Å²) < 4.78 is 28.4. The Kier molecular flexibility index (Phi) is 4.46. The third-order valence-electron chi connectivity index (χ3n) is 5.53. The summed E-state index contributed by atoms with van der Waals surface area (Å²) in [5.41, 5.74) is 3.90. The Bertz CT molecular complexity index is 1000. The number of anilines is 1. The fourth-order valence-electron chi connectivity index (χ4n) is 4.07. The Balaban J connectivity index is 1.73. The van der Waals surface area contributed by atoms with Crippen LogP contribution in [0.2, 0.25) is 0 Å². The lowest BCUT2D eigenvalue weighted by molar-refractivity contribution is -0.129. The Hall–Kier alpha value is -2.34. The van der Waals surface area contributed by atoms with Crippen LogP contribution in [0.25, 0.3) is 0 Å². The van der Waals surface area contributed by atoms with Gasteiger partial charge >= 0.3 is 0 Å². The third-order valence-corrected chi connectivity index (χ3v) is 7.31. The van der Waals surface area contributed by atoms with Crippen molar-refractivity contribution in [2.45, 2.75) is 38.1 Å². The molecule has 0 aliphatic carbocycles. The number of fused-ring (bicyclic) bond motifs is 2. The summed E-state index contributed by atoms with van der Waals surface area (Å²) in [6.45, 7) is 5.27. The number of amides is 1. The summed E-state index contributed by atoms with van der Waals surface area (Å²) in [7, 11) is -3.65. The van der Waals surface area contributed by atoms with Crippen molar-refractivity contribution >= 4 is 21.6 Å². The van der Waals surface area contributed by atoms with Crippen LogP contribution in [0, 0.1) is 5.92 Å². The molecule has 0 fully saturated rings. The first-order valence-electron chi connectivity index (χ1n) is 9.34. The number of sulfonamides is 1. The Morgan fingerprint density at radius 1 is 1.07 bits per heavy atom. The normalized spacial score (nSPS) is 19.4. The first-order chi connectivity index (χ1) is 12.9. The number of para-hydroxylation sites is 1. The second kappa shape index (κ2) is 6.68. The summed E-state index contributed by atoms with van der Waals surface area (Å²) in [5, 5.41) is 0. The van der Waals surface area contributed by atoms with Crippen LogP contribution < -0.4 is 4.31 Å². The molecule has 2 aliphatic heterocycles. The summed E-state index contributed by atoms with van der Waals surface area (Å²) in [4.78, 5) is 13.8. The molecule has 27 heavy (non-hydrogen) atoms. The fourth-order valence-corrected chi connectivity index (χ4v) is 5.74. The number of hydrogen-bond donors (Lipinski definition) is 0. The maximum Gasteiger partial charge on any atom is 0.264 e. The monoisotopic (exact) mass is 384 g/mol. The Labute approximate surface area is 160 Å². The zero-order valence-electron chi connectivity index (χ0n) is 15.7.